The molecule has 1 saturated heterocycles. The summed E-state index contributed by atoms with van der Waals surface area (Å²) in [6.07, 6.45) is 4.63. The molecule has 1 aliphatic heterocycles. The van der Waals surface area contributed by atoms with Crippen molar-refractivity contribution in [2.45, 2.75) is 32.4 Å². The van der Waals surface area contributed by atoms with Crippen molar-refractivity contribution in [2.75, 3.05) is 46.2 Å². The quantitative estimate of drug-likeness (QED) is 0.830. The van der Waals surface area contributed by atoms with Crippen LogP contribution in [0, 0.1) is 5.92 Å². The molecule has 0 aromatic carbocycles. The predicted octanol–water partition coefficient (Wildman–Crippen LogP) is 2.31. The average Bonchev–Trinajstić information content (AvgIpc) is 2.47. The van der Waals surface area contributed by atoms with Gasteiger partial charge in [0, 0.05) is 32.9 Å². The van der Waals surface area contributed by atoms with Crippen molar-refractivity contribution < 1.29 is 0 Å². The number of aromatic nitrogens is 1. The van der Waals surface area contributed by atoms with E-state index in [1.165, 1.54) is 31.5 Å². The Hall–Kier alpha value is -1.13. The predicted molar refractivity (Wildman–Crippen MR) is 89.7 cm³/mol. The van der Waals surface area contributed by atoms with E-state index in [0.29, 0.717) is 6.04 Å². The molecule has 0 unspecified atom stereocenters. The fraction of sp³-hybridized carbons (Fsp3) is 0.706. The molecule has 0 saturated carbocycles. The largest absolute Gasteiger partial charge is 0.363 e. The lowest BCUT2D eigenvalue weighted by Gasteiger charge is -2.37. The van der Waals surface area contributed by atoms with E-state index in [2.05, 4.69) is 47.9 Å². The van der Waals surface area contributed by atoms with Crippen LogP contribution in [0.4, 0.5) is 5.82 Å². The van der Waals surface area contributed by atoms with Crippen LogP contribution in [0.15, 0.2) is 18.3 Å². The van der Waals surface area contributed by atoms with Crippen LogP contribution in [0.5, 0.6) is 0 Å². The minimum Gasteiger partial charge on any atom is -0.363 e. The van der Waals surface area contributed by atoms with Crippen molar-refractivity contribution >= 4 is 5.82 Å². The van der Waals surface area contributed by atoms with Crippen LogP contribution in [-0.4, -0.2) is 62.1 Å². The van der Waals surface area contributed by atoms with Crippen molar-refractivity contribution in [3.63, 3.8) is 0 Å². The van der Waals surface area contributed by atoms with Crippen molar-refractivity contribution in [1.82, 2.24) is 14.8 Å². The number of hydrogen-bond acceptors (Lipinski definition) is 4. The maximum absolute atomic E-state index is 4.50. The molecule has 2 heterocycles. The van der Waals surface area contributed by atoms with Gasteiger partial charge in [-0.2, -0.15) is 0 Å². The normalized spacial score (nSPS) is 19.0. The summed E-state index contributed by atoms with van der Waals surface area (Å²) in [5.41, 5.74) is 1.32. The molecule has 4 nitrogen and oxygen atoms in total. The molecule has 0 aliphatic carbocycles. The van der Waals surface area contributed by atoms with Crippen molar-refractivity contribution in [3.8, 4) is 0 Å². The van der Waals surface area contributed by atoms with Gasteiger partial charge < -0.3 is 9.80 Å². The van der Waals surface area contributed by atoms with Crippen LogP contribution >= 0.6 is 0 Å². The molecule has 0 radical (unpaired) electrons. The topological polar surface area (TPSA) is 22.6 Å². The molecule has 0 N–H and O–H groups in total. The van der Waals surface area contributed by atoms with Crippen molar-refractivity contribution in [1.29, 1.82) is 0 Å². The average molecular weight is 290 g/mol. The Morgan fingerprint density at radius 3 is 2.33 bits per heavy atom. The Balaban J connectivity index is 1.83. The van der Waals surface area contributed by atoms with Gasteiger partial charge in [0.15, 0.2) is 0 Å². The first-order valence-corrected chi connectivity index (χ1v) is 7.98. The number of pyridine rings is 1. The number of likely N-dealkylation sites (tertiary alicyclic amines) is 1. The highest BCUT2D eigenvalue weighted by Gasteiger charge is 2.24. The number of anilines is 1. The van der Waals surface area contributed by atoms with Gasteiger partial charge in [-0.05, 0) is 64.5 Å². The van der Waals surface area contributed by atoms with Gasteiger partial charge in [-0.25, -0.2) is 4.98 Å². The Morgan fingerprint density at radius 2 is 1.86 bits per heavy atom. The maximum atomic E-state index is 4.50. The standard InChI is InChI=1S/C17H30N4/c1-14(19(2)3)16-8-10-21(11-9-16)13-15-6-7-17(18-12-15)20(4)5/h6-7,12,14,16H,8-11,13H2,1-5H3/t14-/m0/s1. The lowest BCUT2D eigenvalue weighted by atomic mass is 9.89. The Bertz CT molecular complexity index is 419. The van der Waals surface area contributed by atoms with Gasteiger partial charge in [0.1, 0.15) is 5.82 Å². The molecule has 1 aromatic rings. The number of rotatable bonds is 5. The second-order valence-corrected chi connectivity index (χ2v) is 6.74. The lowest BCUT2D eigenvalue weighted by Crippen LogP contribution is -2.41. The molecule has 4 heteroatoms. The van der Waals surface area contributed by atoms with Gasteiger partial charge >= 0.3 is 0 Å². The third-order valence-electron chi connectivity index (χ3n) is 4.80. The van der Waals surface area contributed by atoms with E-state index >= 15 is 0 Å². The summed E-state index contributed by atoms with van der Waals surface area (Å²) >= 11 is 0. The second kappa shape index (κ2) is 7.23. The van der Waals surface area contributed by atoms with Crippen LogP contribution < -0.4 is 4.90 Å². The fourth-order valence-electron chi connectivity index (χ4n) is 3.05. The molecule has 2 rings (SSSR count). The van der Waals surface area contributed by atoms with Gasteiger partial charge in [-0.15, -0.1) is 0 Å². The summed E-state index contributed by atoms with van der Waals surface area (Å²) in [6.45, 7) is 5.80. The molecular weight excluding hydrogens is 260 g/mol. The molecule has 118 valence electrons. The van der Waals surface area contributed by atoms with Crippen LogP contribution in [0.1, 0.15) is 25.3 Å². The molecule has 21 heavy (non-hydrogen) atoms. The highest BCUT2D eigenvalue weighted by molar-refractivity contribution is 5.37. The van der Waals surface area contributed by atoms with Gasteiger partial charge in [0.05, 0.1) is 0 Å². The van der Waals surface area contributed by atoms with Gasteiger partial charge in [0.25, 0.3) is 0 Å². The van der Waals surface area contributed by atoms with Gasteiger partial charge in [-0.3, -0.25) is 4.90 Å². The summed E-state index contributed by atoms with van der Waals surface area (Å²) < 4.78 is 0. The van der Waals surface area contributed by atoms with Gasteiger partial charge in [0.2, 0.25) is 0 Å². The summed E-state index contributed by atoms with van der Waals surface area (Å²) in [5.74, 6) is 1.86. The monoisotopic (exact) mass is 290 g/mol. The van der Waals surface area contributed by atoms with E-state index in [1.807, 2.05) is 25.2 Å². The van der Waals surface area contributed by atoms with E-state index in [4.69, 9.17) is 0 Å². The van der Waals surface area contributed by atoms with Gasteiger partial charge in [-0.1, -0.05) is 6.07 Å². The first-order chi connectivity index (χ1) is 9.97. The summed E-state index contributed by atoms with van der Waals surface area (Å²) in [4.78, 5) is 11.5. The third-order valence-corrected chi connectivity index (χ3v) is 4.80. The van der Waals surface area contributed by atoms with Crippen molar-refractivity contribution in [3.05, 3.63) is 23.9 Å². The fourth-order valence-corrected chi connectivity index (χ4v) is 3.05. The first-order valence-electron chi connectivity index (χ1n) is 7.98. The van der Waals surface area contributed by atoms with E-state index in [1.54, 1.807) is 0 Å². The molecule has 1 aromatic heterocycles. The minimum atomic E-state index is 0.688. The molecule has 0 spiro atoms. The molecule has 1 atom stereocenters. The van der Waals surface area contributed by atoms with Crippen LogP contribution in [-0.2, 0) is 6.54 Å². The van der Waals surface area contributed by atoms with Crippen LogP contribution in [0.25, 0.3) is 0 Å². The molecule has 0 bridgehead atoms. The summed E-state index contributed by atoms with van der Waals surface area (Å²) in [7, 11) is 8.43. The second-order valence-electron chi connectivity index (χ2n) is 6.74. The number of nitrogens with zero attached hydrogens (tertiary/aromatic N) is 4. The molecule has 1 aliphatic rings. The Kier molecular flexibility index (Phi) is 5.59. The highest BCUT2D eigenvalue weighted by atomic mass is 15.1. The zero-order chi connectivity index (χ0) is 15.4. The Labute approximate surface area is 129 Å². The van der Waals surface area contributed by atoms with E-state index in [0.717, 1.165) is 18.3 Å². The van der Waals surface area contributed by atoms with E-state index < -0.39 is 0 Å². The minimum absolute atomic E-state index is 0.688. The third kappa shape index (κ3) is 4.42. The Morgan fingerprint density at radius 1 is 1.19 bits per heavy atom. The zero-order valence-corrected chi connectivity index (χ0v) is 14.2. The smallest absolute Gasteiger partial charge is 0.127 e. The number of piperidine rings is 1. The lowest BCUT2D eigenvalue weighted by molar-refractivity contribution is 0.121. The zero-order valence-electron chi connectivity index (χ0n) is 14.2. The molecular formula is C17H30N4. The van der Waals surface area contributed by atoms with Crippen molar-refractivity contribution in [2.24, 2.45) is 5.92 Å². The molecule has 1 fully saturated rings. The molecule has 0 amide bonds. The highest BCUT2D eigenvalue weighted by Crippen LogP contribution is 2.24. The summed E-state index contributed by atoms with van der Waals surface area (Å²) in [5, 5.41) is 0. The number of hydrogen-bond donors (Lipinski definition) is 0. The summed E-state index contributed by atoms with van der Waals surface area (Å²) in [6, 6.07) is 5.00. The maximum Gasteiger partial charge on any atom is 0.127 e. The van der Waals surface area contributed by atoms with E-state index in [-0.39, 0.29) is 0 Å². The van der Waals surface area contributed by atoms with E-state index in [9.17, 15) is 0 Å². The van der Waals surface area contributed by atoms with Crippen LogP contribution in [0.3, 0.4) is 0 Å². The van der Waals surface area contributed by atoms with Crippen LogP contribution in [0.2, 0.25) is 0 Å². The SMILES string of the molecule is C[C@@H](C1CCN(Cc2ccc(N(C)C)nc2)CC1)N(C)C. The first kappa shape index (κ1) is 16.2.